The van der Waals surface area contributed by atoms with Crippen LogP contribution in [0.2, 0.25) is 0 Å². The fourth-order valence-corrected chi connectivity index (χ4v) is 3.47. The molecule has 1 amide bonds. The summed E-state index contributed by atoms with van der Waals surface area (Å²) in [5.74, 6) is 0.0161. The number of nitrogens with one attached hydrogen (secondary N) is 1. The number of methoxy groups -OCH3 is 2. The Morgan fingerprint density at radius 1 is 1.19 bits per heavy atom. The highest BCUT2D eigenvalue weighted by Gasteiger charge is 2.25. The number of halogens is 1. The van der Waals surface area contributed by atoms with Crippen molar-refractivity contribution in [1.82, 2.24) is 5.32 Å². The summed E-state index contributed by atoms with van der Waals surface area (Å²) in [5.41, 5.74) is 1.65. The molecule has 2 aromatic carbocycles. The van der Waals surface area contributed by atoms with E-state index in [4.69, 9.17) is 9.47 Å². The Morgan fingerprint density at radius 3 is 2.68 bits per heavy atom. The van der Waals surface area contributed by atoms with E-state index in [0.29, 0.717) is 23.7 Å². The monoisotopic (exact) mass is 503 g/mol. The first-order valence-corrected chi connectivity index (χ1v) is 10.5. The minimum absolute atomic E-state index is 0.181. The zero-order valence-corrected chi connectivity index (χ0v) is 19.0. The second-order valence-corrected chi connectivity index (χ2v) is 7.98. The van der Waals surface area contributed by atoms with Crippen LogP contribution < -0.4 is 14.8 Å². The minimum Gasteiger partial charge on any atom is -0.493 e. The van der Waals surface area contributed by atoms with Crippen molar-refractivity contribution >= 4 is 51.0 Å². The fraction of sp³-hybridized carbons (Fsp3) is 0.143. The molecule has 160 valence electrons. The Hall–Kier alpha value is -3.11. The van der Waals surface area contributed by atoms with E-state index in [1.54, 1.807) is 13.2 Å². The number of nitrogens with zero attached hydrogens (tertiary/aromatic N) is 2. The van der Waals surface area contributed by atoms with E-state index >= 15 is 0 Å². The van der Waals surface area contributed by atoms with Crippen LogP contribution in [-0.4, -0.2) is 37.5 Å². The molecule has 0 aromatic heterocycles. The van der Waals surface area contributed by atoms with E-state index < -0.39 is 11.9 Å². The van der Waals surface area contributed by atoms with E-state index in [1.807, 2.05) is 36.4 Å². The maximum Gasteiger partial charge on any atom is 0.331 e. The van der Waals surface area contributed by atoms with Crippen LogP contribution >= 0.6 is 27.7 Å². The first kappa shape index (κ1) is 22.6. The van der Waals surface area contributed by atoms with Crippen LogP contribution in [0.5, 0.6) is 11.5 Å². The van der Waals surface area contributed by atoms with Gasteiger partial charge in [-0.3, -0.25) is 10.1 Å². The lowest BCUT2D eigenvalue weighted by Crippen LogP contribution is -2.19. The van der Waals surface area contributed by atoms with Crippen LogP contribution in [0.25, 0.3) is 0 Å². The van der Waals surface area contributed by atoms with Gasteiger partial charge in [0, 0.05) is 16.1 Å². The number of hydrogen-bond acceptors (Lipinski definition) is 8. The molecule has 3 rings (SSSR count). The van der Waals surface area contributed by atoms with Crippen molar-refractivity contribution in [3.8, 4) is 11.5 Å². The predicted octanol–water partition coefficient (Wildman–Crippen LogP) is 3.65. The van der Waals surface area contributed by atoms with Crippen LogP contribution in [0.3, 0.4) is 0 Å². The van der Waals surface area contributed by atoms with Gasteiger partial charge >= 0.3 is 5.97 Å². The average molecular weight is 504 g/mol. The predicted molar refractivity (Wildman–Crippen MR) is 122 cm³/mol. The molecule has 0 bridgehead atoms. The van der Waals surface area contributed by atoms with Gasteiger partial charge in [-0.1, -0.05) is 34.1 Å². The van der Waals surface area contributed by atoms with E-state index in [2.05, 4.69) is 36.2 Å². The zero-order chi connectivity index (χ0) is 22.2. The molecular formula is C21H18BrN3O5S. The Labute approximate surface area is 191 Å². The lowest BCUT2D eigenvalue weighted by molar-refractivity contribution is -0.135. The van der Waals surface area contributed by atoms with Crippen molar-refractivity contribution in [3.63, 3.8) is 0 Å². The summed E-state index contributed by atoms with van der Waals surface area (Å²) in [6.45, 7) is 0.344. The number of para-hydroxylation sites is 1. The summed E-state index contributed by atoms with van der Waals surface area (Å²) in [6.07, 6.45) is 2.60. The molecular weight excluding hydrogens is 486 g/mol. The molecule has 10 heteroatoms. The number of amidine groups is 1. The van der Waals surface area contributed by atoms with Crippen LogP contribution in [0, 0.1) is 0 Å². The second kappa shape index (κ2) is 10.8. The number of hydrogen-bond donors (Lipinski definition) is 1. The third kappa shape index (κ3) is 6.19. The highest BCUT2D eigenvalue weighted by atomic mass is 79.9. The third-order valence-corrected chi connectivity index (χ3v) is 5.40. The van der Waals surface area contributed by atoms with Gasteiger partial charge in [-0.15, -0.1) is 5.10 Å². The van der Waals surface area contributed by atoms with Crippen molar-refractivity contribution in [2.75, 3.05) is 14.2 Å². The number of carbonyl (C=O) groups excluding carboxylic acids is 2. The van der Waals surface area contributed by atoms with Gasteiger partial charge < -0.3 is 14.2 Å². The van der Waals surface area contributed by atoms with E-state index in [-0.39, 0.29) is 10.1 Å². The molecule has 1 aliphatic heterocycles. The lowest BCUT2D eigenvalue weighted by atomic mass is 10.2. The Bertz CT molecular complexity index is 1070. The third-order valence-electron chi connectivity index (χ3n) is 3.97. The molecule has 31 heavy (non-hydrogen) atoms. The van der Waals surface area contributed by atoms with Gasteiger partial charge in [0.2, 0.25) is 0 Å². The van der Waals surface area contributed by atoms with Crippen LogP contribution in [0.1, 0.15) is 11.1 Å². The maximum absolute atomic E-state index is 11.9. The number of benzene rings is 2. The van der Waals surface area contributed by atoms with Gasteiger partial charge in [-0.25, -0.2) is 4.79 Å². The fourth-order valence-electron chi connectivity index (χ4n) is 2.47. The highest BCUT2D eigenvalue weighted by molar-refractivity contribution is 9.10. The summed E-state index contributed by atoms with van der Waals surface area (Å²) < 4.78 is 16.9. The van der Waals surface area contributed by atoms with Crippen molar-refractivity contribution < 1.29 is 23.8 Å². The highest BCUT2D eigenvalue weighted by Crippen LogP contribution is 2.31. The molecule has 1 aliphatic rings. The first-order chi connectivity index (χ1) is 15.0. The molecule has 0 radical (unpaired) electrons. The van der Waals surface area contributed by atoms with Gasteiger partial charge in [0.05, 0.1) is 25.3 Å². The van der Waals surface area contributed by atoms with Gasteiger partial charge in [0.1, 0.15) is 6.61 Å². The summed E-state index contributed by atoms with van der Waals surface area (Å²) in [7, 11) is 2.80. The van der Waals surface area contributed by atoms with Crippen LogP contribution in [0.4, 0.5) is 0 Å². The van der Waals surface area contributed by atoms with E-state index in [0.717, 1.165) is 27.9 Å². The molecule has 1 heterocycles. The van der Waals surface area contributed by atoms with Crippen molar-refractivity contribution in [2.24, 2.45) is 10.2 Å². The number of carbonyl (C=O) groups is 2. The Balaban J connectivity index is 1.75. The average Bonchev–Trinajstić information content (AvgIpc) is 3.12. The van der Waals surface area contributed by atoms with Crippen molar-refractivity contribution in [1.29, 1.82) is 0 Å². The van der Waals surface area contributed by atoms with Crippen LogP contribution in [0.15, 0.2) is 68.1 Å². The smallest absolute Gasteiger partial charge is 0.331 e. The van der Waals surface area contributed by atoms with Crippen molar-refractivity contribution in [3.05, 3.63) is 69.0 Å². The lowest BCUT2D eigenvalue weighted by Gasteiger charge is -2.13. The Morgan fingerprint density at radius 2 is 1.97 bits per heavy atom. The number of amides is 1. The minimum atomic E-state index is -0.619. The van der Waals surface area contributed by atoms with Crippen LogP contribution in [-0.2, 0) is 20.9 Å². The normalized spacial score (nSPS) is 16.0. The van der Waals surface area contributed by atoms with E-state index in [9.17, 15) is 9.59 Å². The standard InChI is InChI=1S/C21H18BrN3O5S/c1-28-16-5-3-4-14(19(16)30-12-13-6-8-15(22)9-7-13)11-23-25-21-24-20(27)17(31-21)10-18(26)29-2/h3-11H,12H2,1-2H3,(H,24,25,27)/b17-10+,23-11?. The maximum atomic E-state index is 11.9. The number of esters is 1. The zero-order valence-electron chi connectivity index (χ0n) is 16.6. The summed E-state index contributed by atoms with van der Waals surface area (Å²) in [6, 6.07) is 13.2. The molecule has 0 aliphatic carbocycles. The largest absolute Gasteiger partial charge is 0.493 e. The van der Waals surface area contributed by atoms with Gasteiger partial charge in [-0.05, 0) is 41.6 Å². The first-order valence-electron chi connectivity index (χ1n) is 8.94. The molecule has 0 spiro atoms. The Kier molecular flexibility index (Phi) is 7.85. The molecule has 1 fully saturated rings. The molecule has 0 atom stereocenters. The molecule has 2 aromatic rings. The molecule has 8 nitrogen and oxygen atoms in total. The molecule has 0 saturated carbocycles. The van der Waals surface area contributed by atoms with Gasteiger partial charge in [-0.2, -0.15) is 5.10 Å². The second-order valence-electron chi connectivity index (χ2n) is 6.03. The summed E-state index contributed by atoms with van der Waals surface area (Å²) in [5, 5.41) is 10.8. The number of ether oxygens (including phenoxy) is 3. The van der Waals surface area contributed by atoms with Crippen molar-refractivity contribution in [2.45, 2.75) is 6.61 Å². The summed E-state index contributed by atoms with van der Waals surface area (Å²) >= 11 is 4.40. The van der Waals surface area contributed by atoms with Gasteiger partial charge in [0.25, 0.3) is 5.91 Å². The topological polar surface area (TPSA) is 98.6 Å². The van der Waals surface area contributed by atoms with E-state index in [1.165, 1.54) is 13.3 Å². The van der Waals surface area contributed by atoms with Gasteiger partial charge in [0.15, 0.2) is 16.7 Å². The summed E-state index contributed by atoms with van der Waals surface area (Å²) in [4.78, 5) is 23.4. The molecule has 1 saturated heterocycles. The quantitative estimate of drug-likeness (QED) is 0.268. The SMILES string of the molecule is COC(=O)/C=C1/S/C(=N\N=Cc2cccc(OC)c2OCc2ccc(Br)cc2)NC1=O. The molecule has 1 N–H and O–H groups in total. The molecule has 0 unspecified atom stereocenters. The number of rotatable bonds is 7. The number of thioether (sulfide) groups is 1.